The maximum absolute atomic E-state index is 11.2. The van der Waals surface area contributed by atoms with Crippen molar-refractivity contribution in [3.05, 3.63) is 59.7 Å². The Morgan fingerprint density at radius 2 is 1.36 bits per heavy atom. The van der Waals surface area contributed by atoms with Crippen LogP contribution in [0.15, 0.2) is 48.5 Å². The average molecular weight is 302 g/mol. The van der Waals surface area contributed by atoms with Crippen LogP contribution in [0.3, 0.4) is 0 Å². The van der Waals surface area contributed by atoms with Gasteiger partial charge in [-0.1, -0.05) is 31.2 Å². The highest BCUT2D eigenvalue weighted by Gasteiger charge is 2.40. The van der Waals surface area contributed by atoms with E-state index in [1.807, 2.05) is 6.92 Å². The van der Waals surface area contributed by atoms with Crippen LogP contribution in [-0.4, -0.2) is 26.5 Å². The van der Waals surface area contributed by atoms with E-state index in [0.29, 0.717) is 12.0 Å². The molecule has 4 nitrogen and oxygen atoms in total. The molecule has 0 saturated heterocycles. The fraction of sp³-hybridized carbons (Fsp3) is 0.333. The molecule has 0 aliphatic heterocycles. The SMILES string of the molecule is CCC(O)(c1ccc(O)cc1)C(c1ccc(O)cc1)C(C)O. The van der Waals surface area contributed by atoms with Gasteiger partial charge >= 0.3 is 0 Å². The first kappa shape index (κ1) is 16.3. The monoisotopic (exact) mass is 302 g/mol. The summed E-state index contributed by atoms with van der Waals surface area (Å²) in [7, 11) is 0. The summed E-state index contributed by atoms with van der Waals surface area (Å²) in [6.07, 6.45) is -0.392. The van der Waals surface area contributed by atoms with Gasteiger partial charge < -0.3 is 20.4 Å². The minimum atomic E-state index is -1.28. The van der Waals surface area contributed by atoms with Crippen LogP contribution in [0.5, 0.6) is 11.5 Å². The maximum Gasteiger partial charge on any atom is 0.115 e. The molecule has 118 valence electrons. The Labute approximate surface area is 130 Å². The van der Waals surface area contributed by atoms with Crippen LogP contribution in [0, 0.1) is 0 Å². The fourth-order valence-corrected chi connectivity index (χ4v) is 2.99. The fourth-order valence-electron chi connectivity index (χ4n) is 2.99. The largest absolute Gasteiger partial charge is 0.508 e. The first-order valence-corrected chi connectivity index (χ1v) is 7.37. The molecule has 0 bridgehead atoms. The number of rotatable bonds is 5. The van der Waals surface area contributed by atoms with E-state index in [1.165, 1.54) is 24.3 Å². The van der Waals surface area contributed by atoms with Crippen molar-refractivity contribution in [2.24, 2.45) is 0 Å². The molecule has 0 heterocycles. The highest BCUT2D eigenvalue weighted by atomic mass is 16.3. The Morgan fingerprint density at radius 1 is 0.909 bits per heavy atom. The number of aliphatic hydroxyl groups is 2. The molecule has 0 aliphatic carbocycles. The van der Waals surface area contributed by atoms with E-state index in [1.54, 1.807) is 31.2 Å². The minimum Gasteiger partial charge on any atom is -0.508 e. The third kappa shape index (κ3) is 3.08. The second-order valence-corrected chi connectivity index (χ2v) is 5.63. The Morgan fingerprint density at radius 3 is 1.77 bits per heavy atom. The second-order valence-electron chi connectivity index (χ2n) is 5.63. The molecule has 0 aliphatic rings. The summed E-state index contributed by atoms with van der Waals surface area (Å²) in [5.41, 5.74) is 0.0933. The average Bonchev–Trinajstić information content (AvgIpc) is 2.49. The summed E-state index contributed by atoms with van der Waals surface area (Å²) in [5.74, 6) is -0.291. The van der Waals surface area contributed by atoms with E-state index in [-0.39, 0.29) is 11.5 Å². The predicted octanol–water partition coefficient (Wildman–Crippen LogP) is 2.86. The first-order valence-electron chi connectivity index (χ1n) is 7.37. The van der Waals surface area contributed by atoms with Gasteiger partial charge in [-0.3, -0.25) is 0 Å². The summed E-state index contributed by atoms with van der Waals surface area (Å²) in [5, 5.41) is 40.3. The number of aromatic hydroxyl groups is 2. The molecular formula is C18H22O4. The topological polar surface area (TPSA) is 80.9 Å². The van der Waals surface area contributed by atoms with Crippen LogP contribution in [0.2, 0.25) is 0 Å². The van der Waals surface area contributed by atoms with Crippen LogP contribution in [-0.2, 0) is 5.60 Å². The third-order valence-corrected chi connectivity index (χ3v) is 4.16. The van der Waals surface area contributed by atoms with Crippen molar-refractivity contribution < 1.29 is 20.4 Å². The molecule has 3 unspecified atom stereocenters. The predicted molar refractivity (Wildman–Crippen MR) is 84.8 cm³/mol. The quantitative estimate of drug-likeness (QED) is 0.684. The van der Waals surface area contributed by atoms with Gasteiger partial charge in [0.05, 0.1) is 11.7 Å². The van der Waals surface area contributed by atoms with Crippen LogP contribution in [0.25, 0.3) is 0 Å². The van der Waals surface area contributed by atoms with E-state index < -0.39 is 17.6 Å². The van der Waals surface area contributed by atoms with E-state index >= 15 is 0 Å². The van der Waals surface area contributed by atoms with Gasteiger partial charge in [-0.2, -0.15) is 0 Å². The lowest BCUT2D eigenvalue weighted by Crippen LogP contribution is -2.38. The molecule has 4 heteroatoms. The van der Waals surface area contributed by atoms with Crippen molar-refractivity contribution in [1.29, 1.82) is 0 Å². The van der Waals surface area contributed by atoms with Gasteiger partial charge in [-0.05, 0) is 48.7 Å². The molecule has 0 spiro atoms. The van der Waals surface area contributed by atoms with Crippen molar-refractivity contribution in [3.8, 4) is 11.5 Å². The zero-order chi connectivity index (χ0) is 16.3. The van der Waals surface area contributed by atoms with Crippen LogP contribution in [0.4, 0.5) is 0 Å². The lowest BCUT2D eigenvalue weighted by atomic mass is 9.73. The molecule has 2 aromatic rings. The van der Waals surface area contributed by atoms with Crippen LogP contribution >= 0.6 is 0 Å². The van der Waals surface area contributed by atoms with Crippen molar-refractivity contribution in [1.82, 2.24) is 0 Å². The molecule has 4 N–H and O–H groups in total. The van der Waals surface area contributed by atoms with Gasteiger partial charge in [0, 0.05) is 5.92 Å². The normalized spacial score (nSPS) is 16.7. The van der Waals surface area contributed by atoms with Crippen molar-refractivity contribution in [2.75, 3.05) is 0 Å². The first-order chi connectivity index (χ1) is 10.4. The molecule has 2 rings (SSSR count). The smallest absolute Gasteiger partial charge is 0.115 e. The lowest BCUT2D eigenvalue weighted by Gasteiger charge is -2.38. The number of hydrogen-bond acceptors (Lipinski definition) is 4. The molecule has 0 fully saturated rings. The Balaban J connectivity index is 2.51. The van der Waals surface area contributed by atoms with E-state index in [9.17, 15) is 20.4 Å². The molecule has 2 aromatic carbocycles. The summed E-state index contributed by atoms with van der Waals surface area (Å²) < 4.78 is 0. The zero-order valence-corrected chi connectivity index (χ0v) is 12.8. The summed E-state index contributed by atoms with van der Waals surface area (Å²) in [4.78, 5) is 0. The van der Waals surface area contributed by atoms with Crippen molar-refractivity contribution >= 4 is 0 Å². The van der Waals surface area contributed by atoms with Gasteiger partial charge in [0.1, 0.15) is 11.5 Å². The minimum absolute atomic E-state index is 0.125. The standard InChI is InChI=1S/C18H22O4/c1-3-18(22,14-6-10-16(21)11-7-14)17(12(2)19)13-4-8-15(20)9-5-13/h4-12,17,19-22H,3H2,1-2H3. The number of hydrogen-bond donors (Lipinski definition) is 4. The Hall–Kier alpha value is -2.04. The number of phenolic OH excluding ortho intramolecular Hbond substituents is 2. The molecule has 0 amide bonds. The zero-order valence-electron chi connectivity index (χ0n) is 12.8. The molecule has 0 radical (unpaired) electrons. The molecule has 0 saturated carbocycles. The Bertz CT molecular complexity index is 604. The second kappa shape index (κ2) is 6.38. The Kier molecular flexibility index (Phi) is 4.74. The summed E-state index contributed by atoms with van der Waals surface area (Å²) in [6, 6.07) is 12.8. The molecule has 22 heavy (non-hydrogen) atoms. The summed E-state index contributed by atoms with van der Waals surface area (Å²) >= 11 is 0. The van der Waals surface area contributed by atoms with Gasteiger partial charge in [0.2, 0.25) is 0 Å². The molecule has 0 aromatic heterocycles. The highest BCUT2D eigenvalue weighted by Crippen LogP contribution is 2.42. The van der Waals surface area contributed by atoms with Gasteiger partial charge in [-0.15, -0.1) is 0 Å². The van der Waals surface area contributed by atoms with E-state index in [4.69, 9.17) is 0 Å². The van der Waals surface area contributed by atoms with Crippen molar-refractivity contribution in [2.45, 2.75) is 37.9 Å². The molecular weight excluding hydrogens is 280 g/mol. The lowest BCUT2D eigenvalue weighted by molar-refractivity contribution is -0.0388. The van der Waals surface area contributed by atoms with Gasteiger partial charge in [0.15, 0.2) is 0 Å². The number of benzene rings is 2. The maximum atomic E-state index is 11.2. The number of phenols is 2. The van der Waals surface area contributed by atoms with Gasteiger partial charge in [-0.25, -0.2) is 0 Å². The number of aliphatic hydroxyl groups excluding tert-OH is 1. The third-order valence-electron chi connectivity index (χ3n) is 4.16. The van der Waals surface area contributed by atoms with Crippen LogP contribution in [0.1, 0.15) is 37.3 Å². The van der Waals surface area contributed by atoms with E-state index in [2.05, 4.69) is 0 Å². The van der Waals surface area contributed by atoms with Crippen LogP contribution < -0.4 is 0 Å². The summed E-state index contributed by atoms with van der Waals surface area (Å²) in [6.45, 7) is 3.49. The van der Waals surface area contributed by atoms with Crippen molar-refractivity contribution in [3.63, 3.8) is 0 Å². The van der Waals surface area contributed by atoms with Gasteiger partial charge in [0.25, 0.3) is 0 Å². The molecule has 3 atom stereocenters. The highest BCUT2D eigenvalue weighted by molar-refractivity contribution is 5.37. The van der Waals surface area contributed by atoms with E-state index in [0.717, 1.165) is 5.56 Å².